The molecule has 1 amide bonds. The minimum Gasteiger partial charge on any atom is -0.497 e. The molecule has 34 heavy (non-hydrogen) atoms. The van der Waals surface area contributed by atoms with Gasteiger partial charge in [0, 0.05) is 50.0 Å². The molecule has 0 unspecified atom stereocenters. The Morgan fingerprint density at radius 2 is 1.68 bits per heavy atom. The summed E-state index contributed by atoms with van der Waals surface area (Å²) in [5.41, 5.74) is 5.70. The number of rotatable bonds is 7. The number of methoxy groups -OCH3 is 1. The topological polar surface area (TPSA) is 36.0 Å². The molecule has 5 rings (SSSR count). The molecule has 1 fully saturated rings. The van der Waals surface area contributed by atoms with E-state index in [1.165, 1.54) is 11.3 Å². The van der Waals surface area contributed by atoms with Crippen molar-refractivity contribution in [3.05, 3.63) is 95.1 Å². The summed E-state index contributed by atoms with van der Waals surface area (Å²) in [6.45, 7) is 4.38. The van der Waals surface area contributed by atoms with E-state index in [9.17, 15) is 4.79 Å². The van der Waals surface area contributed by atoms with E-state index in [4.69, 9.17) is 4.74 Å². The molecule has 0 aliphatic carbocycles. The quantitative estimate of drug-likeness (QED) is 0.505. The molecular formula is C29H33N3O2. The first kappa shape index (κ1) is 22.5. The maximum atomic E-state index is 13.0. The Kier molecular flexibility index (Phi) is 6.54. The second-order valence-corrected chi connectivity index (χ2v) is 9.47. The fourth-order valence-corrected chi connectivity index (χ4v) is 5.21. The van der Waals surface area contributed by atoms with Gasteiger partial charge >= 0.3 is 0 Å². The number of carbonyl (C=O) groups excluding carboxylic acids is 1. The van der Waals surface area contributed by atoms with Gasteiger partial charge in [0.25, 0.3) is 5.91 Å². The van der Waals surface area contributed by atoms with Gasteiger partial charge in [0.05, 0.1) is 7.11 Å². The van der Waals surface area contributed by atoms with Crippen molar-refractivity contribution < 1.29 is 9.53 Å². The molecule has 2 aliphatic heterocycles. The van der Waals surface area contributed by atoms with Gasteiger partial charge in [-0.05, 0) is 66.9 Å². The lowest BCUT2D eigenvalue weighted by Crippen LogP contribution is -2.43. The van der Waals surface area contributed by atoms with E-state index in [1.807, 2.05) is 35.2 Å². The molecule has 0 radical (unpaired) electrons. The molecule has 3 aromatic rings. The van der Waals surface area contributed by atoms with Crippen LogP contribution in [0.25, 0.3) is 0 Å². The normalized spacial score (nSPS) is 16.3. The molecule has 5 nitrogen and oxygen atoms in total. The maximum Gasteiger partial charge on any atom is 0.254 e. The highest BCUT2D eigenvalue weighted by molar-refractivity contribution is 5.98. The van der Waals surface area contributed by atoms with Gasteiger partial charge in [-0.25, -0.2) is 0 Å². The van der Waals surface area contributed by atoms with Crippen LogP contribution in [0.4, 0.5) is 5.69 Å². The lowest BCUT2D eigenvalue weighted by atomic mass is 10.0. The Morgan fingerprint density at radius 1 is 0.941 bits per heavy atom. The van der Waals surface area contributed by atoms with E-state index in [0.29, 0.717) is 19.1 Å². The number of amides is 1. The molecule has 0 saturated carbocycles. The molecule has 2 aliphatic rings. The van der Waals surface area contributed by atoms with Crippen LogP contribution in [-0.4, -0.2) is 49.0 Å². The van der Waals surface area contributed by atoms with Crippen LogP contribution in [0.2, 0.25) is 0 Å². The summed E-state index contributed by atoms with van der Waals surface area (Å²) in [5, 5.41) is 0. The van der Waals surface area contributed by atoms with E-state index in [1.54, 1.807) is 7.11 Å². The number of hydrogen-bond acceptors (Lipinski definition) is 4. The first-order valence-electron chi connectivity index (χ1n) is 12.1. The van der Waals surface area contributed by atoms with Gasteiger partial charge in [0.2, 0.25) is 0 Å². The average molecular weight is 456 g/mol. The van der Waals surface area contributed by atoms with Crippen molar-refractivity contribution >= 4 is 11.6 Å². The van der Waals surface area contributed by atoms with E-state index >= 15 is 0 Å². The number of hydrogen-bond donors (Lipinski definition) is 0. The minimum absolute atomic E-state index is 0.124. The van der Waals surface area contributed by atoms with Crippen molar-refractivity contribution in [2.45, 2.75) is 38.5 Å². The van der Waals surface area contributed by atoms with Crippen LogP contribution in [0.15, 0.2) is 72.8 Å². The summed E-state index contributed by atoms with van der Waals surface area (Å²) in [6.07, 6.45) is 2.31. The Bertz CT molecular complexity index is 1120. The molecule has 1 saturated heterocycles. The molecule has 0 N–H and O–H groups in total. The summed E-state index contributed by atoms with van der Waals surface area (Å²) in [7, 11) is 3.91. The fraction of sp³-hybridized carbons (Fsp3) is 0.345. The van der Waals surface area contributed by atoms with Gasteiger partial charge in [-0.15, -0.1) is 0 Å². The summed E-state index contributed by atoms with van der Waals surface area (Å²) in [6, 6.07) is 25.6. The number of fused-ring (bicyclic) bond motifs is 1. The summed E-state index contributed by atoms with van der Waals surface area (Å²) in [5.74, 6) is 0.957. The predicted octanol–water partition coefficient (Wildman–Crippen LogP) is 4.95. The molecule has 0 bridgehead atoms. The van der Waals surface area contributed by atoms with Crippen molar-refractivity contribution in [3.63, 3.8) is 0 Å². The Labute approximate surface area is 202 Å². The highest BCUT2D eigenvalue weighted by Gasteiger charge is 2.29. The van der Waals surface area contributed by atoms with Gasteiger partial charge in [-0.2, -0.15) is 0 Å². The standard InChI is InChI=1S/C29H33N3O2/c1-30(19-22-6-4-3-5-7-22)25-14-16-31(17-15-25)26-10-13-28-24(18-26)21-32(29(28)33)20-23-8-11-27(34-2)12-9-23/h3-13,18,25H,14-17,19-21H2,1-2H3. The van der Waals surface area contributed by atoms with Crippen LogP contribution >= 0.6 is 0 Å². The molecule has 0 spiro atoms. The Balaban J connectivity index is 1.19. The molecular weight excluding hydrogens is 422 g/mol. The second kappa shape index (κ2) is 9.90. The molecule has 3 aromatic carbocycles. The van der Waals surface area contributed by atoms with Gasteiger partial charge in [0.1, 0.15) is 5.75 Å². The number of ether oxygens (including phenoxy) is 1. The number of piperidine rings is 1. The summed E-state index contributed by atoms with van der Waals surface area (Å²) >= 11 is 0. The lowest BCUT2D eigenvalue weighted by Gasteiger charge is -2.38. The average Bonchev–Trinajstić information content (AvgIpc) is 3.19. The number of carbonyl (C=O) groups is 1. The third kappa shape index (κ3) is 4.80. The van der Waals surface area contributed by atoms with Crippen LogP contribution in [0.5, 0.6) is 5.75 Å². The molecule has 5 heteroatoms. The Morgan fingerprint density at radius 3 is 2.38 bits per heavy atom. The molecule has 0 aromatic heterocycles. The van der Waals surface area contributed by atoms with E-state index < -0.39 is 0 Å². The fourth-order valence-electron chi connectivity index (χ4n) is 5.21. The summed E-state index contributed by atoms with van der Waals surface area (Å²) in [4.78, 5) is 19.9. The first-order chi connectivity index (χ1) is 16.6. The zero-order chi connectivity index (χ0) is 23.5. The number of benzene rings is 3. The van der Waals surface area contributed by atoms with Crippen LogP contribution in [0.3, 0.4) is 0 Å². The minimum atomic E-state index is 0.124. The highest BCUT2D eigenvalue weighted by atomic mass is 16.5. The van der Waals surface area contributed by atoms with E-state index in [-0.39, 0.29) is 5.91 Å². The van der Waals surface area contributed by atoms with Gasteiger partial charge in [-0.1, -0.05) is 42.5 Å². The number of anilines is 1. The van der Waals surface area contributed by atoms with Gasteiger partial charge < -0.3 is 14.5 Å². The summed E-state index contributed by atoms with van der Waals surface area (Å²) < 4.78 is 5.24. The lowest BCUT2D eigenvalue weighted by molar-refractivity contribution is 0.0766. The zero-order valence-corrected chi connectivity index (χ0v) is 20.1. The zero-order valence-electron chi connectivity index (χ0n) is 20.1. The Hall–Kier alpha value is -3.31. The molecule has 0 atom stereocenters. The first-order valence-corrected chi connectivity index (χ1v) is 12.1. The number of nitrogens with zero attached hydrogens (tertiary/aromatic N) is 3. The van der Waals surface area contributed by atoms with Crippen molar-refractivity contribution in [1.82, 2.24) is 9.80 Å². The van der Waals surface area contributed by atoms with Crippen LogP contribution in [-0.2, 0) is 19.6 Å². The van der Waals surface area contributed by atoms with Crippen LogP contribution in [0, 0.1) is 0 Å². The smallest absolute Gasteiger partial charge is 0.254 e. The monoisotopic (exact) mass is 455 g/mol. The third-order valence-corrected chi connectivity index (χ3v) is 7.23. The van der Waals surface area contributed by atoms with Crippen LogP contribution in [0.1, 0.15) is 39.9 Å². The molecule has 176 valence electrons. The largest absolute Gasteiger partial charge is 0.497 e. The molecule has 2 heterocycles. The maximum absolute atomic E-state index is 13.0. The predicted molar refractivity (Wildman–Crippen MR) is 136 cm³/mol. The van der Waals surface area contributed by atoms with Crippen molar-refractivity contribution in [2.24, 2.45) is 0 Å². The van der Waals surface area contributed by atoms with Gasteiger partial charge in [0.15, 0.2) is 0 Å². The van der Waals surface area contributed by atoms with Crippen molar-refractivity contribution in [3.8, 4) is 5.75 Å². The van der Waals surface area contributed by atoms with Crippen molar-refractivity contribution in [1.29, 1.82) is 0 Å². The van der Waals surface area contributed by atoms with Gasteiger partial charge in [-0.3, -0.25) is 9.69 Å². The van der Waals surface area contributed by atoms with E-state index in [0.717, 1.165) is 54.9 Å². The highest BCUT2D eigenvalue weighted by Crippen LogP contribution is 2.30. The van der Waals surface area contributed by atoms with Crippen molar-refractivity contribution in [2.75, 3.05) is 32.1 Å². The van der Waals surface area contributed by atoms with Crippen LogP contribution < -0.4 is 9.64 Å². The second-order valence-electron chi connectivity index (χ2n) is 9.47. The third-order valence-electron chi connectivity index (χ3n) is 7.23. The SMILES string of the molecule is COc1ccc(CN2Cc3cc(N4CCC(N(C)Cc5ccccc5)CC4)ccc3C2=O)cc1. The van der Waals surface area contributed by atoms with E-state index in [2.05, 4.69) is 59.3 Å².